The quantitative estimate of drug-likeness (QED) is 0.641. The molecule has 1 saturated heterocycles. The second-order valence-corrected chi connectivity index (χ2v) is 6.73. The third kappa shape index (κ3) is 8.34. The van der Waals surface area contributed by atoms with Gasteiger partial charge in [-0.3, -0.25) is 4.79 Å². The van der Waals surface area contributed by atoms with Crippen molar-refractivity contribution in [2.75, 3.05) is 66.1 Å². The molecule has 140 valence electrons. The fourth-order valence-corrected chi connectivity index (χ4v) is 2.77. The number of nitrogens with one attached hydrogen (secondary N) is 1. The molecule has 0 aromatic heterocycles. The largest absolute Gasteiger partial charge is 0.491 e. The molecule has 0 aliphatic carbocycles. The third-order valence-corrected chi connectivity index (χ3v) is 4.29. The van der Waals surface area contributed by atoms with Gasteiger partial charge in [-0.25, -0.2) is 0 Å². The molecule has 1 fully saturated rings. The number of carbonyl (C=O) groups is 1. The molecule has 6 nitrogen and oxygen atoms in total. The van der Waals surface area contributed by atoms with Gasteiger partial charge in [0.2, 0.25) is 5.91 Å². The van der Waals surface area contributed by atoms with E-state index in [0.717, 1.165) is 38.5 Å². The Hall–Kier alpha value is -1.63. The maximum Gasteiger partial charge on any atom is 0.246 e. The second-order valence-electron chi connectivity index (χ2n) is 6.73. The number of para-hydroxylation sites is 1. The average molecular weight is 349 g/mol. The van der Waals surface area contributed by atoms with Gasteiger partial charge in [-0.15, -0.1) is 0 Å². The van der Waals surface area contributed by atoms with Crippen molar-refractivity contribution in [3.05, 3.63) is 30.3 Å². The SMILES string of the molecule is CC(CNC(=O)COCCOc1ccccc1)CN1CCN(C)CC1. The highest BCUT2D eigenvalue weighted by Gasteiger charge is 2.16. The van der Waals surface area contributed by atoms with Crippen molar-refractivity contribution in [3.63, 3.8) is 0 Å². The lowest BCUT2D eigenvalue weighted by atomic mass is 10.1. The lowest BCUT2D eigenvalue weighted by Crippen LogP contribution is -2.47. The molecule has 1 N–H and O–H groups in total. The van der Waals surface area contributed by atoms with E-state index < -0.39 is 0 Å². The normalized spacial score (nSPS) is 17.2. The van der Waals surface area contributed by atoms with E-state index >= 15 is 0 Å². The molecule has 1 atom stereocenters. The fraction of sp³-hybridized carbons (Fsp3) is 0.632. The van der Waals surface area contributed by atoms with Gasteiger partial charge in [0.15, 0.2) is 0 Å². The molecule has 0 saturated carbocycles. The van der Waals surface area contributed by atoms with Crippen LogP contribution in [0.1, 0.15) is 6.92 Å². The maximum atomic E-state index is 11.8. The zero-order chi connectivity index (χ0) is 17.9. The summed E-state index contributed by atoms with van der Waals surface area (Å²) in [4.78, 5) is 16.6. The molecular formula is C19H31N3O3. The summed E-state index contributed by atoms with van der Waals surface area (Å²) in [7, 11) is 2.16. The average Bonchev–Trinajstić information content (AvgIpc) is 2.62. The van der Waals surface area contributed by atoms with Crippen LogP contribution in [0.15, 0.2) is 30.3 Å². The van der Waals surface area contributed by atoms with Crippen molar-refractivity contribution in [2.45, 2.75) is 6.92 Å². The minimum Gasteiger partial charge on any atom is -0.491 e. The maximum absolute atomic E-state index is 11.8. The molecule has 0 radical (unpaired) electrons. The molecule has 6 heteroatoms. The number of likely N-dealkylation sites (N-methyl/N-ethyl adjacent to an activating group) is 1. The van der Waals surface area contributed by atoms with E-state index in [1.165, 1.54) is 0 Å². The Kier molecular flexibility index (Phi) is 8.72. The number of carbonyl (C=O) groups excluding carboxylic acids is 1. The monoisotopic (exact) mass is 349 g/mol. The molecule has 0 bridgehead atoms. The number of hydrogen-bond acceptors (Lipinski definition) is 5. The number of amides is 1. The minimum absolute atomic E-state index is 0.0649. The number of benzene rings is 1. The minimum atomic E-state index is -0.0649. The number of nitrogens with zero attached hydrogens (tertiary/aromatic N) is 2. The molecular weight excluding hydrogens is 318 g/mol. The zero-order valence-electron chi connectivity index (χ0n) is 15.4. The van der Waals surface area contributed by atoms with Crippen LogP contribution >= 0.6 is 0 Å². The summed E-state index contributed by atoms with van der Waals surface area (Å²) in [6.45, 7) is 9.28. The smallest absolute Gasteiger partial charge is 0.246 e. The Bertz CT molecular complexity index is 490. The highest BCUT2D eigenvalue weighted by Crippen LogP contribution is 2.07. The summed E-state index contributed by atoms with van der Waals surface area (Å²) >= 11 is 0. The van der Waals surface area contributed by atoms with Gasteiger partial charge in [0, 0.05) is 39.3 Å². The Morgan fingerprint density at radius 3 is 2.60 bits per heavy atom. The molecule has 25 heavy (non-hydrogen) atoms. The summed E-state index contributed by atoms with van der Waals surface area (Å²) in [6, 6.07) is 9.58. The summed E-state index contributed by atoms with van der Waals surface area (Å²) in [5, 5.41) is 2.95. The Morgan fingerprint density at radius 1 is 1.16 bits per heavy atom. The van der Waals surface area contributed by atoms with Crippen LogP contribution in [0.25, 0.3) is 0 Å². The first-order valence-corrected chi connectivity index (χ1v) is 9.06. The lowest BCUT2D eigenvalue weighted by Gasteiger charge is -2.33. The van der Waals surface area contributed by atoms with Crippen molar-refractivity contribution < 1.29 is 14.3 Å². The van der Waals surface area contributed by atoms with Crippen molar-refractivity contribution in [3.8, 4) is 5.75 Å². The molecule has 1 aliphatic rings. The summed E-state index contributed by atoms with van der Waals surface area (Å²) < 4.78 is 10.9. The van der Waals surface area contributed by atoms with E-state index in [9.17, 15) is 4.79 Å². The van der Waals surface area contributed by atoms with E-state index in [2.05, 4.69) is 29.1 Å². The van der Waals surface area contributed by atoms with Crippen LogP contribution in [0.4, 0.5) is 0 Å². The van der Waals surface area contributed by atoms with Gasteiger partial charge in [0.1, 0.15) is 19.0 Å². The zero-order valence-corrected chi connectivity index (χ0v) is 15.4. The van der Waals surface area contributed by atoms with Crippen molar-refractivity contribution in [2.24, 2.45) is 5.92 Å². The molecule has 1 amide bonds. The number of piperazine rings is 1. The number of rotatable bonds is 10. The highest BCUT2D eigenvalue weighted by atomic mass is 16.5. The molecule has 1 unspecified atom stereocenters. The van der Waals surface area contributed by atoms with Crippen LogP contribution in [0.3, 0.4) is 0 Å². The lowest BCUT2D eigenvalue weighted by molar-refractivity contribution is -0.126. The van der Waals surface area contributed by atoms with Crippen LogP contribution in [0.2, 0.25) is 0 Å². The fourth-order valence-electron chi connectivity index (χ4n) is 2.77. The molecule has 1 heterocycles. The van der Waals surface area contributed by atoms with Crippen LogP contribution in [-0.4, -0.2) is 81.8 Å². The van der Waals surface area contributed by atoms with Gasteiger partial charge in [0.05, 0.1) is 6.61 Å². The van der Waals surface area contributed by atoms with Crippen molar-refractivity contribution in [1.82, 2.24) is 15.1 Å². The van der Waals surface area contributed by atoms with E-state index in [-0.39, 0.29) is 12.5 Å². The predicted octanol–water partition coefficient (Wildman–Crippen LogP) is 1.08. The van der Waals surface area contributed by atoms with E-state index in [1.807, 2.05) is 30.3 Å². The molecule has 0 spiro atoms. The van der Waals surface area contributed by atoms with E-state index in [1.54, 1.807) is 0 Å². The van der Waals surface area contributed by atoms with Crippen LogP contribution in [0.5, 0.6) is 5.75 Å². The number of ether oxygens (including phenoxy) is 2. The van der Waals surface area contributed by atoms with Crippen LogP contribution < -0.4 is 10.1 Å². The van der Waals surface area contributed by atoms with Gasteiger partial charge < -0.3 is 24.6 Å². The van der Waals surface area contributed by atoms with Gasteiger partial charge in [-0.1, -0.05) is 25.1 Å². The first-order valence-electron chi connectivity index (χ1n) is 9.06. The van der Waals surface area contributed by atoms with Gasteiger partial charge in [0.25, 0.3) is 0 Å². The van der Waals surface area contributed by atoms with E-state index in [0.29, 0.717) is 25.7 Å². The summed E-state index contributed by atoms with van der Waals surface area (Å²) in [5.41, 5.74) is 0. The summed E-state index contributed by atoms with van der Waals surface area (Å²) in [5.74, 6) is 1.19. The molecule has 2 rings (SSSR count). The molecule has 1 aromatic carbocycles. The first kappa shape index (κ1) is 19.7. The first-order chi connectivity index (χ1) is 12.1. The van der Waals surface area contributed by atoms with Gasteiger partial charge >= 0.3 is 0 Å². The van der Waals surface area contributed by atoms with Crippen LogP contribution in [-0.2, 0) is 9.53 Å². The topological polar surface area (TPSA) is 54.0 Å². The van der Waals surface area contributed by atoms with Gasteiger partial charge in [-0.05, 0) is 25.1 Å². The van der Waals surface area contributed by atoms with Gasteiger partial charge in [-0.2, -0.15) is 0 Å². The second kappa shape index (κ2) is 11.1. The number of hydrogen-bond donors (Lipinski definition) is 1. The van der Waals surface area contributed by atoms with Crippen molar-refractivity contribution >= 4 is 5.91 Å². The Labute approximate surface area is 151 Å². The Balaban J connectivity index is 1.47. The van der Waals surface area contributed by atoms with E-state index in [4.69, 9.17) is 9.47 Å². The highest BCUT2D eigenvalue weighted by molar-refractivity contribution is 5.77. The predicted molar refractivity (Wildman–Crippen MR) is 98.9 cm³/mol. The standard InChI is InChI=1S/C19H31N3O3/c1-17(15-22-10-8-21(2)9-11-22)14-20-19(23)16-24-12-13-25-18-6-4-3-5-7-18/h3-7,17H,8-16H2,1-2H3,(H,20,23). The van der Waals surface area contributed by atoms with Crippen molar-refractivity contribution in [1.29, 1.82) is 0 Å². The molecule has 1 aromatic rings. The third-order valence-electron chi connectivity index (χ3n) is 4.29. The molecule has 1 aliphatic heterocycles. The van der Waals surface area contributed by atoms with Crippen LogP contribution in [0, 0.1) is 5.92 Å². The Morgan fingerprint density at radius 2 is 1.88 bits per heavy atom. The summed E-state index contributed by atoms with van der Waals surface area (Å²) in [6.07, 6.45) is 0.